The van der Waals surface area contributed by atoms with Crippen LogP contribution in [0, 0.1) is 0 Å². The number of carbonyl (C=O) groups excluding carboxylic acids is 2. The van der Waals surface area contributed by atoms with Crippen LogP contribution in [0.5, 0.6) is 11.6 Å². The zero-order chi connectivity index (χ0) is 23.4. The number of esters is 1. The van der Waals surface area contributed by atoms with Crippen LogP contribution in [0.15, 0.2) is 84.9 Å². The van der Waals surface area contributed by atoms with Gasteiger partial charge in [0.2, 0.25) is 0 Å². The summed E-state index contributed by atoms with van der Waals surface area (Å²) in [5.41, 5.74) is 3.17. The van der Waals surface area contributed by atoms with Crippen LogP contribution in [0.3, 0.4) is 0 Å². The Labute approximate surface area is 191 Å². The Morgan fingerprint density at radius 3 is 2.12 bits per heavy atom. The second-order valence-corrected chi connectivity index (χ2v) is 7.29. The van der Waals surface area contributed by atoms with Gasteiger partial charge in [-0.2, -0.15) is 0 Å². The minimum absolute atomic E-state index is 0.0883. The highest BCUT2D eigenvalue weighted by atomic mass is 16.5. The van der Waals surface area contributed by atoms with E-state index in [4.69, 9.17) is 9.47 Å². The van der Waals surface area contributed by atoms with Crippen molar-refractivity contribution in [2.24, 2.45) is 0 Å². The van der Waals surface area contributed by atoms with Gasteiger partial charge in [0.25, 0.3) is 0 Å². The predicted octanol–water partition coefficient (Wildman–Crippen LogP) is 5.27. The molecule has 0 saturated heterocycles. The average molecular weight is 441 g/mol. The molecule has 0 spiro atoms. The first-order chi connectivity index (χ1) is 16.0. The molecule has 0 unspecified atom stereocenters. The van der Waals surface area contributed by atoms with Gasteiger partial charge < -0.3 is 14.6 Å². The Balaban J connectivity index is 1.83. The number of hydrogen-bond donors (Lipinski definition) is 1. The highest BCUT2D eigenvalue weighted by Gasteiger charge is 2.24. The Kier molecular flexibility index (Phi) is 6.26. The molecule has 4 rings (SSSR count). The molecule has 1 heterocycles. The van der Waals surface area contributed by atoms with Gasteiger partial charge in [0.15, 0.2) is 11.7 Å². The highest BCUT2D eigenvalue weighted by molar-refractivity contribution is 6.13. The Morgan fingerprint density at radius 2 is 1.52 bits per heavy atom. The van der Waals surface area contributed by atoms with Gasteiger partial charge in [-0.3, -0.25) is 9.36 Å². The van der Waals surface area contributed by atoms with E-state index in [1.54, 1.807) is 67.1 Å². The van der Waals surface area contributed by atoms with E-state index in [-0.39, 0.29) is 18.3 Å². The maximum atomic E-state index is 13.4. The quantitative estimate of drug-likeness (QED) is 0.312. The number of carbonyl (C=O) groups is 2. The molecule has 166 valence electrons. The van der Waals surface area contributed by atoms with Crippen LogP contribution in [-0.2, 0) is 4.74 Å². The summed E-state index contributed by atoms with van der Waals surface area (Å²) in [7, 11) is 1.57. The monoisotopic (exact) mass is 441 g/mol. The molecule has 1 aromatic heterocycles. The molecule has 0 radical (unpaired) electrons. The van der Waals surface area contributed by atoms with Crippen LogP contribution in [0.2, 0.25) is 0 Å². The fraction of sp³-hybridized carbons (Fsp3) is 0.111. The molecule has 6 heteroatoms. The summed E-state index contributed by atoms with van der Waals surface area (Å²) in [5.74, 6) is -0.0836. The fourth-order valence-corrected chi connectivity index (χ4v) is 3.67. The van der Waals surface area contributed by atoms with E-state index in [9.17, 15) is 14.7 Å². The molecular formula is C27H23NO5. The first-order valence-electron chi connectivity index (χ1n) is 10.5. The van der Waals surface area contributed by atoms with Gasteiger partial charge in [-0.25, -0.2) is 4.79 Å². The number of ketones is 1. The summed E-state index contributed by atoms with van der Waals surface area (Å²) in [6.07, 6.45) is 0. The Hall–Kier alpha value is -4.32. The average Bonchev–Trinajstić information content (AvgIpc) is 3.21. The van der Waals surface area contributed by atoms with E-state index in [0.29, 0.717) is 33.8 Å². The number of ether oxygens (including phenoxy) is 2. The van der Waals surface area contributed by atoms with Gasteiger partial charge in [0, 0.05) is 17.3 Å². The van der Waals surface area contributed by atoms with Gasteiger partial charge in [0.05, 0.1) is 30.5 Å². The van der Waals surface area contributed by atoms with Gasteiger partial charge >= 0.3 is 5.97 Å². The predicted molar refractivity (Wildman–Crippen MR) is 125 cm³/mol. The smallest absolute Gasteiger partial charge is 0.338 e. The van der Waals surface area contributed by atoms with Crippen molar-refractivity contribution >= 4 is 11.8 Å². The van der Waals surface area contributed by atoms with Gasteiger partial charge in [-0.1, -0.05) is 30.3 Å². The third kappa shape index (κ3) is 4.36. The van der Waals surface area contributed by atoms with Gasteiger partial charge in [0.1, 0.15) is 5.75 Å². The van der Waals surface area contributed by atoms with Crippen molar-refractivity contribution in [2.45, 2.75) is 6.92 Å². The van der Waals surface area contributed by atoms with Crippen molar-refractivity contribution in [2.75, 3.05) is 13.7 Å². The molecule has 0 saturated carbocycles. The lowest BCUT2D eigenvalue weighted by Gasteiger charge is -2.13. The summed E-state index contributed by atoms with van der Waals surface area (Å²) >= 11 is 0. The number of methoxy groups -OCH3 is 1. The SMILES string of the molecule is CCOC(=O)c1ccc(-n2c(O)cc(C(=O)c3ccc(OC)cc3)c2-c2ccccc2)cc1. The summed E-state index contributed by atoms with van der Waals surface area (Å²) in [4.78, 5) is 25.4. The molecule has 3 aromatic carbocycles. The topological polar surface area (TPSA) is 77.8 Å². The highest BCUT2D eigenvalue weighted by Crippen LogP contribution is 2.35. The zero-order valence-corrected chi connectivity index (χ0v) is 18.3. The molecule has 0 aliphatic rings. The minimum atomic E-state index is -0.417. The van der Waals surface area contributed by atoms with E-state index < -0.39 is 5.97 Å². The Morgan fingerprint density at radius 1 is 0.879 bits per heavy atom. The van der Waals surface area contributed by atoms with Crippen molar-refractivity contribution in [3.8, 4) is 28.6 Å². The molecular weight excluding hydrogens is 418 g/mol. The van der Waals surface area contributed by atoms with Crippen LogP contribution >= 0.6 is 0 Å². The van der Waals surface area contributed by atoms with Gasteiger partial charge in [-0.15, -0.1) is 0 Å². The molecule has 0 aliphatic heterocycles. The molecule has 0 fully saturated rings. The third-order valence-corrected chi connectivity index (χ3v) is 5.26. The summed E-state index contributed by atoms with van der Waals surface area (Å²) in [6.45, 7) is 2.03. The summed E-state index contributed by atoms with van der Waals surface area (Å²) in [5, 5.41) is 10.9. The number of rotatable bonds is 7. The molecule has 0 amide bonds. The van der Waals surface area contributed by atoms with Crippen LogP contribution in [0.1, 0.15) is 33.2 Å². The first kappa shape index (κ1) is 21.9. The second-order valence-electron chi connectivity index (χ2n) is 7.29. The van der Waals surface area contributed by atoms with Crippen LogP contribution in [0.25, 0.3) is 16.9 Å². The van der Waals surface area contributed by atoms with E-state index in [1.807, 2.05) is 30.3 Å². The van der Waals surface area contributed by atoms with E-state index >= 15 is 0 Å². The first-order valence-corrected chi connectivity index (χ1v) is 10.5. The number of aromatic hydroxyl groups is 1. The van der Waals surface area contributed by atoms with Crippen molar-refractivity contribution in [3.63, 3.8) is 0 Å². The largest absolute Gasteiger partial charge is 0.497 e. The molecule has 1 N–H and O–H groups in total. The molecule has 0 atom stereocenters. The lowest BCUT2D eigenvalue weighted by molar-refractivity contribution is 0.0526. The van der Waals surface area contributed by atoms with Crippen LogP contribution < -0.4 is 4.74 Å². The standard InChI is InChI=1S/C27H23NO5/c1-3-33-27(31)20-9-13-21(14-10-20)28-24(29)17-23(25(28)18-7-5-4-6-8-18)26(30)19-11-15-22(32-2)16-12-19/h4-17,29H,3H2,1-2H3. The molecule has 0 aliphatic carbocycles. The van der Waals surface area contributed by atoms with E-state index in [2.05, 4.69) is 0 Å². The van der Waals surface area contributed by atoms with E-state index in [0.717, 1.165) is 5.56 Å². The minimum Gasteiger partial charge on any atom is -0.497 e. The van der Waals surface area contributed by atoms with Gasteiger partial charge in [-0.05, 0) is 61.0 Å². The van der Waals surface area contributed by atoms with Crippen molar-refractivity contribution in [3.05, 3.63) is 102 Å². The lowest BCUT2D eigenvalue weighted by atomic mass is 9.99. The maximum absolute atomic E-state index is 13.4. The number of hydrogen-bond acceptors (Lipinski definition) is 5. The van der Waals surface area contributed by atoms with Crippen LogP contribution in [-0.4, -0.2) is 35.1 Å². The van der Waals surface area contributed by atoms with Crippen molar-refractivity contribution in [1.82, 2.24) is 4.57 Å². The molecule has 33 heavy (non-hydrogen) atoms. The molecule has 4 aromatic rings. The Bertz CT molecular complexity index is 1270. The maximum Gasteiger partial charge on any atom is 0.338 e. The normalized spacial score (nSPS) is 10.6. The lowest BCUT2D eigenvalue weighted by Crippen LogP contribution is -2.06. The fourth-order valence-electron chi connectivity index (χ4n) is 3.67. The third-order valence-electron chi connectivity index (χ3n) is 5.26. The summed E-state index contributed by atoms with van der Waals surface area (Å²) in [6, 6.07) is 24.4. The van der Waals surface area contributed by atoms with Crippen LogP contribution in [0.4, 0.5) is 0 Å². The number of aromatic nitrogens is 1. The van der Waals surface area contributed by atoms with Crippen molar-refractivity contribution < 1.29 is 24.2 Å². The second kappa shape index (κ2) is 9.44. The zero-order valence-electron chi connectivity index (χ0n) is 18.3. The molecule has 0 bridgehead atoms. The van der Waals surface area contributed by atoms with Crippen molar-refractivity contribution in [1.29, 1.82) is 0 Å². The number of nitrogens with zero attached hydrogens (tertiary/aromatic N) is 1. The van der Waals surface area contributed by atoms with E-state index in [1.165, 1.54) is 6.07 Å². The number of benzene rings is 3. The summed E-state index contributed by atoms with van der Waals surface area (Å²) < 4.78 is 11.8. The molecule has 6 nitrogen and oxygen atoms in total.